The first-order valence-corrected chi connectivity index (χ1v) is 8.71. The molecule has 4 heteroatoms. The first-order valence-electron chi connectivity index (χ1n) is 6.53. The Balaban J connectivity index is 3.30. The summed E-state index contributed by atoms with van der Waals surface area (Å²) in [7, 11) is -0.422. The van der Waals surface area contributed by atoms with Crippen molar-refractivity contribution in [3.05, 3.63) is 18.5 Å². The molecule has 17 heavy (non-hydrogen) atoms. The third-order valence-electron chi connectivity index (χ3n) is 4.09. The summed E-state index contributed by atoms with van der Waals surface area (Å²) >= 11 is 0. The molecular formula is C13H25BNOSi. The van der Waals surface area contributed by atoms with Crippen molar-refractivity contribution < 1.29 is 5.02 Å². The highest BCUT2D eigenvalue weighted by Crippen LogP contribution is 2.42. The molecule has 1 heterocycles. The molecule has 0 bridgehead atoms. The molecule has 1 N–H and O–H groups in total. The first kappa shape index (κ1) is 14.6. The maximum absolute atomic E-state index is 9.11. The van der Waals surface area contributed by atoms with Crippen LogP contribution < -0.4 is 5.46 Å². The Hall–Kier alpha value is -0.478. The molecule has 0 unspecified atom stereocenters. The smallest absolute Gasteiger partial charge is 0.328 e. The first-order chi connectivity index (χ1) is 7.87. The Bertz CT molecular complexity index is 338. The van der Waals surface area contributed by atoms with E-state index >= 15 is 0 Å². The molecule has 0 spiro atoms. The largest absolute Gasteiger partial charge is 0.450 e. The lowest BCUT2D eigenvalue weighted by molar-refractivity contribution is 0.615. The molecule has 0 atom stereocenters. The van der Waals surface area contributed by atoms with Crippen LogP contribution in [0.4, 0.5) is 0 Å². The summed E-state index contributed by atoms with van der Waals surface area (Å²) in [6, 6.07) is 1.99. The number of hydrogen-bond donors (Lipinski definition) is 1. The van der Waals surface area contributed by atoms with Gasteiger partial charge in [0.2, 0.25) is 0 Å². The Kier molecular flexibility index (Phi) is 4.67. The minimum atomic E-state index is -1.61. The number of aromatic nitrogens is 1. The maximum Gasteiger partial charge on any atom is 0.328 e. The van der Waals surface area contributed by atoms with Gasteiger partial charge >= 0.3 is 7.48 Å². The lowest BCUT2D eigenvalue weighted by Crippen LogP contribution is -2.51. The molecule has 0 aliphatic heterocycles. The van der Waals surface area contributed by atoms with Crippen molar-refractivity contribution in [2.24, 2.45) is 0 Å². The van der Waals surface area contributed by atoms with Crippen LogP contribution in [0, 0.1) is 0 Å². The standard InChI is InChI=1S/C13H25BNOSi/c1-10(2)17(11(3)4,12(5)6)15-8-7-13(9-15)14-16/h7-12,16H,1-6H3. The van der Waals surface area contributed by atoms with Gasteiger partial charge in [0.25, 0.3) is 0 Å². The molecule has 1 rings (SSSR count). The van der Waals surface area contributed by atoms with Crippen molar-refractivity contribution in [3.63, 3.8) is 0 Å². The molecule has 0 fully saturated rings. The lowest BCUT2D eigenvalue weighted by atomic mass is 9.92. The number of nitrogens with zero attached hydrogens (tertiary/aromatic N) is 1. The Morgan fingerprint density at radius 3 is 1.82 bits per heavy atom. The van der Waals surface area contributed by atoms with E-state index in [2.05, 4.69) is 58.2 Å². The van der Waals surface area contributed by atoms with Gasteiger partial charge in [-0.05, 0) is 40.5 Å². The monoisotopic (exact) mass is 250 g/mol. The molecule has 1 aromatic rings. The Morgan fingerprint density at radius 2 is 1.53 bits per heavy atom. The predicted molar refractivity (Wildman–Crippen MR) is 78.5 cm³/mol. The fourth-order valence-electron chi connectivity index (χ4n) is 3.62. The predicted octanol–water partition coefficient (Wildman–Crippen LogP) is 2.75. The van der Waals surface area contributed by atoms with Gasteiger partial charge in [0.1, 0.15) is 0 Å². The van der Waals surface area contributed by atoms with Crippen LogP contribution in [-0.2, 0) is 0 Å². The van der Waals surface area contributed by atoms with E-state index in [9.17, 15) is 0 Å². The van der Waals surface area contributed by atoms with E-state index in [-0.39, 0.29) is 0 Å². The summed E-state index contributed by atoms with van der Waals surface area (Å²) in [4.78, 5) is 0. The molecule has 1 radical (unpaired) electrons. The van der Waals surface area contributed by atoms with Gasteiger partial charge in [-0.25, -0.2) is 0 Å². The topological polar surface area (TPSA) is 25.2 Å². The second kappa shape index (κ2) is 5.44. The molecule has 0 amide bonds. The fourth-order valence-corrected chi connectivity index (χ4v) is 10.1. The lowest BCUT2D eigenvalue weighted by Gasteiger charge is -2.44. The summed E-state index contributed by atoms with van der Waals surface area (Å²) in [5, 5.41) is 9.11. The minimum absolute atomic E-state index is 0.682. The average molecular weight is 250 g/mol. The van der Waals surface area contributed by atoms with E-state index in [1.807, 2.05) is 6.07 Å². The molecule has 0 aliphatic rings. The van der Waals surface area contributed by atoms with Crippen LogP contribution in [0.1, 0.15) is 41.5 Å². The molecule has 2 nitrogen and oxygen atoms in total. The van der Waals surface area contributed by atoms with Gasteiger partial charge in [0.05, 0.1) is 0 Å². The van der Waals surface area contributed by atoms with Crippen molar-refractivity contribution >= 4 is 21.2 Å². The van der Waals surface area contributed by atoms with Crippen LogP contribution in [-0.4, -0.2) is 25.0 Å². The van der Waals surface area contributed by atoms with Gasteiger partial charge in [0.15, 0.2) is 8.24 Å². The van der Waals surface area contributed by atoms with E-state index in [1.54, 1.807) is 0 Å². The van der Waals surface area contributed by atoms with Crippen molar-refractivity contribution in [2.45, 2.75) is 58.2 Å². The Labute approximate surface area is 107 Å². The highest BCUT2D eigenvalue weighted by molar-refractivity contribution is 6.82. The highest BCUT2D eigenvalue weighted by Gasteiger charge is 2.44. The van der Waals surface area contributed by atoms with Crippen LogP contribution in [0.3, 0.4) is 0 Å². The van der Waals surface area contributed by atoms with Crippen LogP contribution in [0.5, 0.6) is 0 Å². The number of rotatable bonds is 5. The molecule has 0 aromatic carbocycles. The summed E-state index contributed by atoms with van der Waals surface area (Å²) < 4.78 is 2.43. The number of hydrogen-bond acceptors (Lipinski definition) is 1. The van der Waals surface area contributed by atoms with E-state index < -0.39 is 8.24 Å². The van der Waals surface area contributed by atoms with Crippen molar-refractivity contribution in [1.29, 1.82) is 0 Å². The minimum Gasteiger partial charge on any atom is -0.450 e. The van der Waals surface area contributed by atoms with E-state index in [4.69, 9.17) is 5.02 Å². The molecule has 0 saturated heterocycles. The van der Waals surface area contributed by atoms with Gasteiger partial charge in [0, 0.05) is 0 Å². The summed E-state index contributed by atoms with van der Waals surface area (Å²) in [6.45, 7) is 14.1. The van der Waals surface area contributed by atoms with Crippen LogP contribution in [0.2, 0.25) is 16.6 Å². The average Bonchev–Trinajstić information content (AvgIpc) is 2.65. The zero-order valence-corrected chi connectivity index (χ0v) is 12.9. The van der Waals surface area contributed by atoms with E-state index in [0.717, 1.165) is 5.46 Å². The van der Waals surface area contributed by atoms with E-state index in [1.165, 1.54) is 7.48 Å². The van der Waals surface area contributed by atoms with Crippen molar-refractivity contribution in [2.75, 3.05) is 0 Å². The molecule has 0 aliphatic carbocycles. The third kappa shape index (κ3) is 2.38. The van der Waals surface area contributed by atoms with Gasteiger partial charge in [-0.2, -0.15) is 0 Å². The van der Waals surface area contributed by atoms with Gasteiger partial charge in [-0.1, -0.05) is 41.5 Å². The SMILES string of the molecule is CC(C)[Si](C(C)C)(C(C)C)n1ccc([B]O)c1. The van der Waals surface area contributed by atoms with E-state index in [0.29, 0.717) is 16.6 Å². The molecular weight excluding hydrogens is 225 g/mol. The van der Waals surface area contributed by atoms with Gasteiger partial charge in [-0.3, -0.25) is 0 Å². The van der Waals surface area contributed by atoms with Crippen LogP contribution >= 0.6 is 0 Å². The summed E-state index contributed by atoms with van der Waals surface area (Å²) in [6.07, 6.45) is 4.25. The normalized spacial score (nSPS) is 12.8. The highest BCUT2D eigenvalue weighted by atomic mass is 28.3. The Morgan fingerprint density at radius 1 is 1.06 bits per heavy atom. The van der Waals surface area contributed by atoms with Crippen molar-refractivity contribution in [1.82, 2.24) is 4.23 Å². The summed E-state index contributed by atoms with van der Waals surface area (Å²) in [5.74, 6) is 0. The van der Waals surface area contributed by atoms with Gasteiger partial charge in [-0.15, -0.1) is 0 Å². The summed E-state index contributed by atoms with van der Waals surface area (Å²) in [5.41, 5.74) is 2.95. The quantitative estimate of drug-likeness (QED) is 0.799. The zero-order chi connectivity index (χ0) is 13.2. The molecule has 0 saturated carbocycles. The third-order valence-corrected chi connectivity index (χ3v) is 10.8. The fraction of sp³-hybridized carbons (Fsp3) is 0.692. The van der Waals surface area contributed by atoms with Crippen LogP contribution in [0.15, 0.2) is 18.5 Å². The second-order valence-electron chi connectivity index (χ2n) is 5.83. The molecule has 1 aromatic heterocycles. The van der Waals surface area contributed by atoms with Crippen LogP contribution in [0.25, 0.3) is 0 Å². The molecule has 95 valence electrons. The van der Waals surface area contributed by atoms with Gasteiger partial charge < -0.3 is 9.26 Å². The maximum atomic E-state index is 9.11. The van der Waals surface area contributed by atoms with Crippen molar-refractivity contribution in [3.8, 4) is 0 Å². The zero-order valence-electron chi connectivity index (χ0n) is 11.9. The second-order valence-corrected chi connectivity index (χ2v) is 11.6.